The molecule has 1 heterocycles. The zero-order valence-electron chi connectivity index (χ0n) is 7.09. The lowest BCUT2D eigenvalue weighted by Gasteiger charge is -2.25. The van der Waals surface area contributed by atoms with E-state index in [1.165, 1.54) is 0 Å². The van der Waals surface area contributed by atoms with Crippen LogP contribution in [0.15, 0.2) is 4.99 Å². The second-order valence-electron chi connectivity index (χ2n) is 3.31. The van der Waals surface area contributed by atoms with Crippen molar-refractivity contribution in [3.8, 4) is 0 Å². The third-order valence-corrected chi connectivity index (χ3v) is 2.04. The average Bonchev–Trinajstić information content (AvgIpc) is 2.13. The van der Waals surface area contributed by atoms with Crippen LogP contribution in [0.25, 0.3) is 0 Å². The van der Waals surface area contributed by atoms with Crippen LogP contribution in [0.2, 0.25) is 0 Å². The van der Waals surface area contributed by atoms with Crippen molar-refractivity contribution in [2.45, 2.75) is 39.5 Å². The molecule has 0 aromatic carbocycles. The molecule has 0 spiro atoms. The monoisotopic (exact) mass is 141 g/mol. The Labute approximate surface area is 62.3 Å². The molecule has 2 heteroatoms. The van der Waals surface area contributed by atoms with Crippen LogP contribution in [0.5, 0.6) is 0 Å². The molecule has 0 fully saturated rings. The summed E-state index contributed by atoms with van der Waals surface area (Å²) in [4.78, 5) is 4.30. The molecule has 1 aliphatic heterocycles. The molecule has 0 bridgehead atoms. The van der Waals surface area contributed by atoms with Crippen molar-refractivity contribution in [1.82, 2.24) is 0 Å². The van der Waals surface area contributed by atoms with E-state index in [4.69, 9.17) is 4.74 Å². The first-order valence-electron chi connectivity index (χ1n) is 3.78. The van der Waals surface area contributed by atoms with E-state index in [0.29, 0.717) is 5.92 Å². The molecule has 1 aliphatic rings. The number of hydrogen-bond donors (Lipinski definition) is 0. The summed E-state index contributed by atoms with van der Waals surface area (Å²) in [6, 6.07) is 0. The molecule has 0 saturated carbocycles. The van der Waals surface area contributed by atoms with Crippen LogP contribution >= 0.6 is 0 Å². The van der Waals surface area contributed by atoms with Crippen molar-refractivity contribution in [1.29, 1.82) is 0 Å². The van der Waals surface area contributed by atoms with Gasteiger partial charge in [0.2, 0.25) is 0 Å². The SMILES string of the molecule is CC1C=NC(C)(C(C)C)O1. The molecule has 0 saturated heterocycles. The van der Waals surface area contributed by atoms with Gasteiger partial charge in [0.1, 0.15) is 0 Å². The Hall–Kier alpha value is -0.370. The van der Waals surface area contributed by atoms with Gasteiger partial charge < -0.3 is 4.74 Å². The fraction of sp³-hybridized carbons (Fsp3) is 0.875. The Morgan fingerprint density at radius 3 is 2.40 bits per heavy atom. The first-order valence-corrected chi connectivity index (χ1v) is 3.78. The van der Waals surface area contributed by atoms with Gasteiger partial charge in [0.05, 0.1) is 6.10 Å². The van der Waals surface area contributed by atoms with Gasteiger partial charge in [-0.2, -0.15) is 0 Å². The summed E-state index contributed by atoms with van der Waals surface area (Å²) >= 11 is 0. The minimum atomic E-state index is -0.264. The molecule has 0 radical (unpaired) electrons. The van der Waals surface area contributed by atoms with Gasteiger partial charge in [0.15, 0.2) is 5.72 Å². The number of rotatable bonds is 1. The fourth-order valence-electron chi connectivity index (χ4n) is 0.975. The number of aliphatic imine (C=N–C) groups is 1. The first-order chi connectivity index (χ1) is 4.54. The molecular formula is C8H15NO. The maximum atomic E-state index is 5.59. The zero-order valence-corrected chi connectivity index (χ0v) is 7.09. The van der Waals surface area contributed by atoms with E-state index in [1.54, 1.807) is 0 Å². The third kappa shape index (κ3) is 1.21. The summed E-state index contributed by atoms with van der Waals surface area (Å²) in [6.07, 6.45) is 2.06. The fourth-order valence-corrected chi connectivity index (χ4v) is 0.975. The minimum absolute atomic E-state index is 0.187. The van der Waals surface area contributed by atoms with Crippen molar-refractivity contribution in [2.24, 2.45) is 10.9 Å². The molecule has 58 valence electrons. The van der Waals surface area contributed by atoms with Gasteiger partial charge in [-0.05, 0) is 13.8 Å². The highest BCUT2D eigenvalue weighted by Gasteiger charge is 2.33. The Bertz CT molecular complexity index is 153. The largest absolute Gasteiger partial charge is 0.345 e. The molecule has 0 aliphatic carbocycles. The molecule has 1 rings (SSSR count). The normalized spacial score (nSPS) is 39.5. The van der Waals surface area contributed by atoms with E-state index in [-0.39, 0.29) is 11.8 Å². The second kappa shape index (κ2) is 2.35. The average molecular weight is 141 g/mol. The Balaban J connectivity index is 2.65. The topological polar surface area (TPSA) is 21.6 Å². The van der Waals surface area contributed by atoms with Crippen molar-refractivity contribution in [2.75, 3.05) is 0 Å². The molecule has 0 aromatic heterocycles. The van der Waals surface area contributed by atoms with Gasteiger partial charge in [0, 0.05) is 12.1 Å². The number of hydrogen-bond acceptors (Lipinski definition) is 2. The lowest BCUT2D eigenvalue weighted by atomic mass is 10.0. The van der Waals surface area contributed by atoms with E-state index < -0.39 is 0 Å². The number of nitrogens with zero attached hydrogens (tertiary/aromatic N) is 1. The van der Waals surface area contributed by atoms with E-state index in [1.807, 2.05) is 20.1 Å². The van der Waals surface area contributed by atoms with Crippen LogP contribution in [0.3, 0.4) is 0 Å². The maximum Gasteiger partial charge on any atom is 0.159 e. The van der Waals surface area contributed by atoms with E-state index in [2.05, 4.69) is 18.8 Å². The van der Waals surface area contributed by atoms with Gasteiger partial charge in [-0.3, -0.25) is 4.99 Å². The summed E-state index contributed by atoms with van der Waals surface area (Å²) in [5.41, 5.74) is -0.264. The van der Waals surface area contributed by atoms with Crippen molar-refractivity contribution >= 4 is 6.21 Å². The molecule has 0 aromatic rings. The molecular weight excluding hydrogens is 126 g/mol. The predicted molar refractivity (Wildman–Crippen MR) is 42.3 cm³/mol. The van der Waals surface area contributed by atoms with Gasteiger partial charge in [-0.15, -0.1) is 0 Å². The third-order valence-electron chi connectivity index (χ3n) is 2.04. The lowest BCUT2D eigenvalue weighted by molar-refractivity contribution is -0.0534. The quantitative estimate of drug-likeness (QED) is 0.546. The van der Waals surface area contributed by atoms with Crippen LogP contribution in [0.1, 0.15) is 27.7 Å². The molecule has 0 N–H and O–H groups in total. The summed E-state index contributed by atoms with van der Waals surface area (Å²) in [7, 11) is 0. The lowest BCUT2D eigenvalue weighted by Crippen LogP contribution is -2.30. The first kappa shape index (κ1) is 7.73. The molecule has 0 amide bonds. The van der Waals surface area contributed by atoms with E-state index in [9.17, 15) is 0 Å². The van der Waals surface area contributed by atoms with Gasteiger partial charge in [-0.25, -0.2) is 0 Å². The standard InChI is InChI=1S/C8H15NO/c1-6(2)8(4)9-5-7(3)10-8/h5-7H,1-4H3. The summed E-state index contributed by atoms with van der Waals surface area (Å²) in [5, 5.41) is 0. The molecule has 2 nitrogen and oxygen atoms in total. The van der Waals surface area contributed by atoms with E-state index in [0.717, 1.165) is 0 Å². The van der Waals surface area contributed by atoms with Crippen LogP contribution in [0, 0.1) is 5.92 Å². The van der Waals surface area contributed by atoms with Crippen LogP contribution in [0.4, 0.5) is 0 Å². The van der Waals surface area contributed by atoms with Gasteiger partial charge >= 0.3 is 0 Å². The van der Waals surface area contributed by atoms with Crippen molar-refractivity contribution < 1.29 is 4.74 Å². The predicted octanol–water partition coefficient (Wildman–Crippen LogP) is 1.85. The smallest absolute Gasteiger partial charge is 0.159 e. The number of ether oxygens (including phenoxy) is 1. The molecule has 2 atom stereocenters. The van der Waals surface area contributed by atoms with Gasteiger partial charge in [-0.1, -0.05) is 13.8 Å². The minimum Gasteiger partial charge on any atom is -0.345 e. The van der Waals surface area contributed by atoms with Crippen LogP contribution in [-0.2, 0) is 4.74 Å². The Morgan fingerprint density at radius 1 is 1.60 bits per heavy atom. The highest BCUT2D eigenvalue weighted by molar-refractivity contribution is 5.64. The van der Waals surface area contributed by atoms with E-state index >= 15 is 0 Å². The Morgan fingerprint density at radius 2 is 2.20 bits per heavy atom. The molecule has 2 unspecified atom stereocenters. The summed E-state index contributed by atoms with van der Waals surface area (Å²) < 4.78 is 5.59. The van der Waals surface area contributed by atoms with Crippen molar-refractivity contribution in [3.05, 3.63) is 0 Å². The van der Waals surface area contributed by atoms with Crippen LogP contribution in [-0.4, -0.2) is 18.0 Å². The van der Waals surface area contributed by atoms with Gasteiger partial charge in [0.25, 0.3) is 0 Å². The van der Waals surface area contributed by atoms with Crippen LogP contribution < -0.4 is 0 Å². The maximum absolute atomic E-state index is 5.59. The highest BCUT2D eigenvalue weighted by Crippen LogP contribution is 2.27. The summed E-state index contributed by atoms with van der Waals surface area (Å²) in [6.45, 7) is 8.28. The molecule has 10 heavy (non-hydrogen) atoms. The highest BCUT2D eigenvalue weighted by atomic mass is 16.5. The zero-order chi connectivity index (χ0) is 7.78. The van der Waals surface area contributed by atoms with Crippen molar-refractivity contribution in [3.63, 3.8) is 0 Å². The Kier molecular flexibility index (Phi) is 1.82. The second-order valence-corrected chi connectivity index (χ2v) is 3.31. The summed E-state index contributed by atoms with van der Waals surface area (Å²) in [5.74, 6) is 0.452.